The zero-order chi connectivity index (χ0) is 15.2. The molecule has 0 saturated carbocycles. The molecule has 0 aliphatic carbocycles. The van der Waals surface area contributed by atoms with Crippen molar-refractivity contribution >= 4 is 17.7 Å². The van der Waals surface area contributed by atoms with Gasteiger partial charge in [-0.25, -0.2) is 0 Å². The lowest BCUT2D eigenvalue weighted by Crippen LogP contribution is -2.52. The number of carbonyl (C=O) groups is 1. The third kappa shape index (κ3) is 4.72. The Morgan fingerprint density at radius 2 is 2.48 bits per heavy atom. The SMILES string of the molecule is CSCC[C@H](N)C(=O)N1CCOC(Cn2cc(C)cn2)C1. The molecule has 1 aliphatic heterocycles. The van der Waals surface area contributed by atoms with Crippen LogP contribution in [-0.4, -0.2) is 64.4 Å². The molecule has 2 atom stereocenters. The van der Waals surface area contributed by atoms with Gasteiger partial charge in [-0.05, 0) is 30.9 Å². The van der Waals surface area contributed by atoms with E-state index in [0.29, 0.717) is 26.2 Å². The van der Waals surface area contributed by atoms with E-state index >= 15 is 0 Å². The van der Waals surface area contributed by atoms with Crippen molar-refractivity contribution in [3.8, 4) is 0 Å². The molecule has 0 spiro atoms. The highest BCUT2D eigenvalue weighted by Crippen LogP contribution is 2.11. The molecule has 1 fully saturated rings. The van der Waals surface area contributed by atoms with Gasteiger partial charge in [0.25, 0.3) is 0 Å². The summed E-state index contributed by atoms with van der Waals surface area (Å²) < 4.78 is 7.60. The Morgan fingerprint density at radius 1 is 1.67 bits per heavy atom. The fourth-order valence-corrected chi connectivity index (χ4v) is 2.90. The van der Waals surface area contributed by atoms with E-state index in [2.05, 4.69) is 5.10 Å². The van der Waals surface area contributed by atoms with Crippen LogP contribution in [0.1, 0.15) is 12.0 Å². The van der Waals surface area contributed by atoms with Crippen LogP contribution in [0.15, 0.2) is 12.4 Å². The second-order valence-corrected chi connectivity index (χ2v) is 6.39. The van der Waals surface area contributed by atoms with Crippen molar-refractivity contribution in [2.75, 3.05) is 31.7 Å². The van der Waals surface area contributed by atoms with Crippen LogP contribution in [0.3, 0.4) is 0 Å². The molecule has 21 heavy (non-hydrogen) atoms. The second kappa shape index (κ2) is 7.82. The predicted octanol–water partition coefficient (Wildman–Crippen LogP) is 0.499. The highest BCUT2D eigenvalue weighted by molar-refractivity contribution is 7.98. The first kappa shape index (κ1) is 16.3. The molecule has 118 valence electrons. The minimum atomic E-state index is -0.400. The molecule has 1 aromatic heterocycles. The zero-order valence-electron chi connectivity index (χ0n) is 12.7. The van der Waals surface area contributed by atoms with Gasteiger partial charge in [-0.2, -0.15) is 16.9 Å². The van der Waals surface area contributed by atoms with Gasteiger partial charge in [0.05, 0.1) is 31.5 Å². The average Bonchev–Trinajstić information content (AvgIpc) is 2.89. The molecule has 1 aliphatic rings. The molecule has 1 amide bonds. The lowest BCUT2D eigenvalue weighted by Gasteiger charge is -2.34. The molecule has 7 heteroatoms. The molecule has 0 bridgehead atoms. The molecule has 1 unspecified atom stereocenters. The quantitative estimate of drug-likeness (QED) is 0.828. The number of rotatable bonds is 6. The Labute approximate surface area is 130 Å². The number of aromatic nitrogens is 2. The normalized spacial score (nSPS) is 20.5. The van der Waals surface area contributed by atoms with Gasteiger partial charge < -0.3 is 15.4 Å². The molecule has 0 aromatic carbocycles. The lowest BCUT2D eigenvalue weighted by molar-refractivity contribution is -0.140. The minimum absolute atomic E-state index is 0.0187. The summed E-state index contributed by atoms with van der Waals surface area (Å²) in [4.78, 5) is 14.1. The number of hydrogen-bond donors (Lipinski definition) is 1. The van der Waals surface area contributed by atoms with E-state index in [1.165, 1.54) is 0 Å². The van der Waals surface area contributed by atoms with Crippen molar-refractivity contribution < 1.29 is 9.53 Å². The smallest absolute Gasteiger partial charge is 0.239 e. The number of carbonyl (C=O) groups excluding carboxylic acids is 1. The standard InChI is InChI=1S/C14H24N4O2S/c1-11-7-16-18(8-11)10-12-9-17(4-5-20-12)14(19)13(15)3-6-21-2/h7-8,12-13H,3-6,9-10,15H2,1-2H3/t12?,13-/m0/s1. The number of amides is 1. The maximum atomic E-state index is 12.3. The van der Waals surface area contributed by atoms with Crippen molar-refractivity contribution in [3.05, 3.63) is 18.0 Å². The number of morpholine rings is 1. The lowest BCUT2D eigenvalue weighted by atomic mass is 10.2. The van der Waals surface area contributed by atoms with Crippen LogP contribution in [-0.2, 0) is 16.1 Å². The Bertz CT molecular complexity index is 466. The number of thioether (sulfide) groups is 1. The number of hydrogen-bond acceptors (Lipinski definition) is 5. The summed E-state index contributed by atoms with van der Waals surface area (Å²) in [5.74, 6) is 0.946. The van der Waals surface area contributed by atoms with Gasteiger partial charge in [0.15, 0.2) is 0 Å². The molecule has 2 heterocycles. The van der Waals surface area contributed by atoms with E-state index < -0.39 is 6.04 Å². The van der Waals surface area contributed by atoms with Gasteiger partial charge in [-0.1, -0.05) is 0 Å². The fraction of sp³-hybridized carbons (Fsp3) is 0.714. The summed E-state index contributed by atoms with van der Waals surface area (Å²) in [6, 6.07) is -0.400. The first-order valence-electron chi connectivity index (χ1n) is 7.24. The Balaban J connectivity index is 1.86. The topological polar surface area (TPSA) is 73.4 Å². The molecule has 2 N–H and O–H groups in total. The Kier molecular flexibility index (Phi) is 6.08. The van der Waals surface area contributed by atoms with Crippen molar-refractivity contribution in [2.24, 2.45) is 5.73 Å². The van der Waals surface area contributed by atoms with Crippen LogP contribution in [0.2, 0.25) is 0 Å². The van der Waals surface area contributed by atoms with E-state index in [-0.39, 0.29) is 12.0 Å². The van der Waals surface area contributed by atoms with Crippen molar-refractivity contribution in [1.82, 2.24) is 14.7 Å². The van der Waals surface area contributed by atoms with Gasteiger partial charge >= 0.3 is 0 Å². The van der Waals surface area contributed by atoms with Crippen LogP contribution < -0.4 is 5.73 Å². The Hall–Kier alpha value is -1.05. The van der Waals surface area contributed by atoms with Crippen molar-refractivity contribution in [2.45, 2.75) is 32.0 Å². The zero-order valence-corrected chi connectivity index (χ0v) is 13.5. The number of ether oxygens (including phenoxy) is 1. The maximum absolute atomic E-state index is 12.3. The highest BCUT2D eigenvalue weighted by atomic mass is 32.2. The molecular formula is C14H24N4O2S. The number of nitrogens with zero attached hydrogens (tertiary/aromatic N) is 3. The van der Waals surface area contributed by atoms with Gasteiger partial charge in [0.1, 0.15) is 0 Å². The molecule has 1 aromatic rings. The van der Waals surface area contributed by atoms with Gasteiger partial charge in [0.2, 0.25) is 5.91 Å². The van der Waals surface area contributed by atoms with Crippen molar-refractivity contribution in [3.63, 3.8) is 0 Å². The third-order valence-corrected chi connectivity index (χ3v) is 4.20. The van der Waals surface area contributed by atoms with Crippen LogP contribution in [0.5, 0.6) is 0 Å². The summed E-state index contributed by atoms with van der Waals surface area (Å²) >= 11 is 1.71. The van der Waals surface area contributed by atoms with E-state index in [1.54, 1.807) is 11.8 Å². The van der Waals surface area contributed by atoms with E-state index in [4.69, 9.17) is 10.5 Å². The molecule has 2 rings (SSSR count). The van der Waals surface area contributed by atoms with E-state index in [9.17, 15) is 4.79 Å². The second-order valence-electron chi connectivity index (χ2n) is 5.40. The fourth-order valence-electron chi connectivity index (χ4n) is 2.41. The summed E-state index contributed by atoms with van der Waals surface area (Å²) in [5.41, 5.74) is 7.10. The first-order valence-corrected chi connectivity index (χ1v) is 8.63. The van der Waals surface area contributed by atoms with Crippen LogP contribution in [0.25, 0.3) is 0 Å². The predicted molar refractivity (Wildman–Crippen MR) is 84.3 cm³/mol. The third-order valence-electron chi connectivity index (χ3n) is 3.55. The van der Waals surface area contributed by atoms with Crippen molar-refractivity contribution in [1.29, 1.82) is 0 Å². The average molecular weight is 312 g/mol. The highest BCUT2D eigenvalue weighted by Gasteiger charge is 2.27. The molecule has 0 radical (unpaired) electrons. The monoisotopic (exact) mass is 312 g/mol. The summed E-state index contributed by atoms with van der Waals surface area (Å²) in [6.45, 7) is 4.44. The summed E-state index contributed by atoms with van der Waals surface area (Å²) in [6.07, 6.45) is 6.53. The minimum Gasteiger partial charge on any atom is -0.373 e. The van der Waals surface area contributed by atoms with Crippen LogP contribution in [0.4, 0.5) is 0 Å². The van der Waals surface area contributed by atoms with Crippen LogP contribution >= 0.6 is 11.8 Å². The molecular weight excluding hydrogens is 288 g/mol. The van der Waals surface area contributed by atoms with Gasteiger partial charge in [-0.3, -0.25) is 9.48 Å². The van der Waals surface area contributed by atoms with Gasteiger partial charge in [-0.15, -0.1) is 0 Å². The van der Waals surface area contributed by atoms with Crippen LogP contribution in [0, 0.1) is 6.92 Å². The molecule has 1 saturated heterocycles. The number of nitrogens with two attached hydrogens (primary N) is 1. The molecule has 6 nitrogen and oxygen atoms in total. The first-order chi connectivity index (χ1) is 10.1. The maximum Gasteiger partial charge on any atom is 0.239 e. The largest absolute Gasteiger partial charge is 0.373 e. The summed E-state index contributed by atoms with van der Waals surface area (Å²) in [5, 5.41) is 4.26. The number of aryl methyl sites for hydroxylation is 1. The van der Waals surface area contributed by atoms with E-state index in [1.807, 2.05) is 35.2 Å². The van der Waals surface area contributed by atoms with Gasteiger partial charge in [0, 0.05) is 19.3 Å². The Morgan fingerprint density at radius 3 is 3.14 bits per heavy atom. The summed E-state index contributed by atoms with van der Waals surface area (Å²) in [7, 11) is 0. The van der Waals surface area contributed by atoms with E-state index in [0.717, 1.165) is 17.7 Å².